The minimum Gasteiger partial charge on any atom is -0.394 e. The molecule has 5 heterocycles. The van der Waals surface area contributed by atoms with Gasteiger partial charge in [-0.2, -0.15) is 13.2 Å². The molecule has 17 N–H and O–H groups in total. The lowest BCUT2D eigenvalue weighted by atomic mass is 9.95. The molecule has 5 fully saturated rings. The Kier molecular flexibility index (Phi) is 20.2. The molecule has 28 nitrogen and oxygen atoms in total. The number of hydrogen-bond donors (Lipinski definition) is 17. The van der Waals surface area contributed by atoms with Crippen molar-refractivity contribution >= 4 is 11.6 Å². The summed E-state index contributed by atoms with van der Waals surface area (Å²) in [6, 6.07) is 4.97. The maximum absolute atomic E-state index is 12.8. The van der Waals surface area contributed by atoms with Crippen molar-refractivity contribution in [2.45, 2.75) is 166 Å². The first-order chi connectivity index (χ1) is 33.5. The molecule has 408 valence electrons. The lowest BCUT2D eigenvalue weighted by Gasteiger charge is -2.49. The Labute approximate surface area is 399 Å². The second-order valence-corrected chi connectivity index (χ2v) is 17.2. The monoisotopic (exact) mass is 1040 g/mol. The van der Waals surface area contributed by atoms with E-state index in [0.717, 1.165) is 12.1 Å². The van der Waals surface area contributed by atoms with E-state index in [1.165, 1.54) is 12.1 Å². The van der Waals surface area contributed by atoms with Gasteiger partial charge in [-0.1, -0.05) is 12.1 Å². The molecule has 25 atom stereocenters. The Hall–Kier alpha value is -2.56. The van der Waals surface area contributed by atoms with Crippen molar-refractivity contribution in [3.63, 3.8) is 0 Å². The summed E-state index contributed by atoms with van der Waals surface area (Å²) >= 11 is 0. The predicted octanol–water partition coefficient (Wildman–Crippen LogP) is -9.16. The minimum atomic E-state index is -5.17. The standard InChI is InChI=1S/C40H60F3NO27/c41-40(42,43)39(61)44-13-3-1-12(2-4-13)5-6-62-34-30(60)32(70-36-28(58)24(54)20(50)15(8-46)65-36)31(69-35-27(57)23(53)19(49)14(7-45)64-35)18(68-34)11-63-38-33(26(56)22(52)17(10-48)67-38)71-37-29(59)25(55)21(51)16(9-47)66-37/h1-4,14-38,45-60H,5-11H2,(H,44,61)/t14-,15-,16-,17+,18-,19-,20-,21-,22+,23+,24+,25+,26-,27-,28-,29-,30-,31-,32-,33+,34+,35+,36+,37-,38+/m1/s1. The zero-order chi connectivity index (χ0) is 52.2. The Morgan fingerprint density at radius 2 is 0.859 bits per heavy atom. The quantitative estimate of drug-likeness (QED) is 0.0649. The molecule has 0 unspecified atom stereocenters. The molecule has 71 heavy (non-hydrogen) atoms. The van der Waals surface area contributed by atoms with E-state index in [4.69, 9.17) is 47.4 Å². The molecule has 5 saturated heterocycles. The van der Waals surface area contributed by atoms with Crippen LogP contribution in [0.5, 0.6) is 0 Å². The number of amides is 1. The van der Waals surface area contributed by atoms with Gasteiger partial charge in [-0.05, 0) is 24.1 Å². The van der Waals surface area contributed by atoms with Gasteiger partial charge >= 0.3 is 12.1 Å². The zero-order valence-electron chi connectivity index (χ0n) is 37.0. The number of benzene rings is 1. The maximum Gasteiger partial charge on any atom is 0.471 e. The van der Waals surface area contributed by atoms with Crippen LogP contribution in [0.1, 0.15) is 5.56 Å². The molecule has 0 saturated carbocycles. The van der Waals surface area contributed by atoms with Crippen molar-refractivity contribution in [1.29, 1.82) is 0 Å². The first-order valence-electron chi connectivity index (χ1n) is 22.1. The van der Waals surface area contributed by atoms with Crippen molar-refractivity contribution in [2.24, 2.45) is 0 Å². The van der Waals surface area contributed by atoms with Crippen LogP contribution in [0.4, 0.5) is 18.9 Å². The maximum atomic E-state index is 12.8. The lowest BCUT2D eigenvalue weighted by Crippen LogP contribution is -2.68. The van der Waals surface area contributed by atoms with Gasteiger partial charge in [-0.3, -0.25) is 4.79 Å². The Balaban J connectivity index is 1.32. The fraction of sp³-hybridized carbons (Fsp3) is 0.825. The molecular weight excluding hydrogens is 983 g/mol. The molecule has 31 heteroatoms. The van der Waals surface area contributed by atoms with Gasteiger partial charge in [0.2, 0.25) is 0 Å². The number of alkyl halides is 3. The largest absolute Gasteiger partial charge is 0.471 e. The highest BCUT2D eigenvalue weighted by Gasteiger charge is 2.56. The van der Waals surface area contributed by atoms with Gasteiger partial charge in [0, 0.05) is 5.69 Å². The van der Waals surface area contributed by atoms with Crippen LogP contribution in [0.3, 0.4) is 0 Å². The highest BCUT2D eigenvalue weighted by atomic mass is 19.4. The number of anilines is 1. The summed E-state index contributed by atoms with van der Waals surface area (Å²) in [6.45, 7) is -5.12. The van der Waals surface area contributed by atoms with Crippen LogP contribution in [0.2, 0.25) is 0 Å². The van der Waals surface area contributed by atoms with Crippen LogP contribution >= 0.6 is 0 Å². The van der Waals surface area contributed by atoms with Gasteiger partial charge in [0.15, 0.2) is 31.5 Å². The van der Waals surface area contributed by atoms with Crippen molar-refractivity contribution < 1.29 is 147 Å². The number of carbonyl (C=O) groups excluding carboxylic acids is 1. The number of ether oxygens (including phenoxy) is 10. The van der Waals surface area contributed by atoms with Crippen molar-refractivity contribution in [1.82, 2.24) is 0 Å². The summed E-state index contributed by atoms with van der Waals surface area (Å²) in [7, 11) is 0. The minimum absolute atomic E-state index is 0.0695. The highest BCUT2D eigenvalue weighted by molar-refractivity contribution is 5.94. The van der Waals surface area contributed by atoms with Crippen molar-refractivity contribution in [3.05, 3.63) is 29.8 Å². The van der Waals surface area contributed by atoms with Gasteiger partial charge in [0.25, 0.3) is 0 Å². The van der Waals surface area contributed by atoms with Crippen molar-refractivity contribution in [3.8, 4) is 0 Å². The Morgan fingerprint density at radius 1 is 0.465 bits per heavy atom. The normalized spacial score (nSPS) is 44.6. The Bertz CT molecular complexity index is 1810. The van der Waals surface area contributed by atoms with Crippen LogP contribution in [0.15, 0.2) is 24.3 Å². The number of aliphatic hydroxyl groups is 16. The Morgan fingerprint density at radius 3 is 1.30 bits per heavy atom. The second kappa shape index (κ2) is 24.9. The van der Waals surface area contributed by atoms with Gasteiger partial charge in [-0.15, -0.1) is 0 Å². The average molecular weight is 1040 g/mol. The number of rotatable bonds is 18. The summed E-state index contributed by atoms with van der Waals surface area (Å²) in [4.78, 5) is 11.4. The number of aliphatic hydroxyl groups excluding tert-OH is 16. The van der Waals surface area contributed by atoms with Crippen LogP contribution in [0, 0.1) is 0 Å². The third kappa shape index (κ3) is 13.1. The van der Waals surface area contributed by atoms with Gasteiger partial charge in [-0.25, -0.2) is 0 Å². The summed E-state index contributed by atoms with van der Waals surface area (Å²) in [5, 5.41) is 171. The molecule has 5 aliphatic heterocycles. The average Bonchev–Trinajstić information content (AvgIpc) is 3.34. The molecule has 1 aromatic rings. The van der Waals surface area contributed by atoms with Gasteiger partial charge in [0.05, 0.1) is 39.6 Å². The lowest BCUT2D eigenvalue weighted by molar-refractivity contribution is -0.395. The zero-order valence-corrected chi connectivity index (χ0v) is 37.0. The number of nitrogens with one attached hydrogen (secondary N) is 1. The van der Waals surface area contributed by atoms with E-state index in [1.54, 1.807) is 5.32 Å². The summed E-state index contributed by atoms with van der Waals surface area (Å²) in [5.74, 6) is -2.22. The summed E-state index contributed by atoms with van der Waals surface area (Å²) in [5.41, 5.74) is 0.191. The molecule has 1 amide bonds. The SMILES string of the molecule is O=C(Nc1ccc(CCO[C@H]2O[C@H](CO[C@H]3O[C@@H](CO)[C@H](O)[C@@H](O)[C@@H]3O[C@H]3O[C@H](CO)[C@@H](O)[C@H](O)[C@H]3O)[C@@H](O[C@@H]3O[C@H](CO)[C@@H](O)[C@H](O)[C@H]3O)[C@H](O[C@@H]3O[C@H](CO)[C@@H](O)[C@H](O)[C@H]3O)[C@H]2O)cc1)C(F)(F)F. The van der Waals surface area contributed by atoms with E-state index in [0.29, 0.717) is 5.56 Å². The fourth-order valence-electron chi connectivity index (χ4n) is 8.26. The number of halogens is 3. The van der Waals surface area contributed by atoms with Crippen molar-refractivity contribution in [2.75, 3.05) is 45.0 Å². The van der Waals surface area contributed by atoms with Crippen LogP contribution < -0.4 is 5.32 Å². The molecule has 0 bridgehead atoms. The molecule has 0 spiro atoms. The highest BCUT2D eigenvalue weighted by Crippen LogP contribution is 2.36. The topological polar surface area (TPSA) is 445 Å². The first-order valence-corrected chi connectivity index (χ1v) is 22.1. The summed E-state index contributed by atoms with van der Waals surface area (Å²) in [6.07, 6.45) is -53.7. The molecule has 0 aliphatic carbocycles. The fourth-order valence-corrected chi connectivity index (χ4v) is 8.26. The predicted molar refractivity (Wildman–Crippen MR) is 215 cm³/mol. The molecule has 0 radical (unpaired) electrons. The van der Waals surface area contributed by atoms with E-state index >= 15 is 0 Å². The molecular formula is C40H60F3NO27. The van der Waals surface area contributed by atoms with E-state index in [2.05, 4.69) is 0 Å². The third-order valence-electron chi connectivity index (χ3n) is 12.4. The van der Waals surface area contributed by atoms with E-state index in [-0.39, 0.29) is 12.1 Å². The third-order valence-corrected chi connectivity index (χ3v) is 12.4. The smallest absolute Gasteiger partial charge is 0.394 e. The first kappa shape index (κ1) is 57.7. The number of hydrogen-bond acceptors (Lipinski definition) is 27. The van der Waals surface area contributed by atoms with Crippen LogP contribution in [-0.4, -0.2) is 287 Å². The molecule has 1 aromatic carbocycles. The molecule has 0 aromatic heterocycles. The van der Waals surface area contributed by atoms with Gasteiger partial charge < -0.3 is 134 Å². The second-order valence-electron chi connectivity index (χ2n) is 17.2. The van der Waals surface area contributed by atoms with Gasteiger partial charge in [0.1, 0.15) is 122 Å². The van der Waals surface area contributed by atoms with E-state index in [1.807, 2.05) is 0 Å². The van der Waals surface area contributed by atoms with Crippen LogP contribution in [-0.2, 0) is 58.6 Å². The molecule has 5 aliphatic rings. The van der Waals surface area contributed by atoms with E-state index in [9.17, 15) is 99.7 Å². The number of carbonyl (C=O) groups is 1. The molecule has 6 rings (SSSR count). The summed E-state index contributed by atoms with van der Waals surface area (Å²) < 4.78 is 96.2. The van der Waals surface area contributed by atoms with E-state index < -0.39 is 205 Å². The van der Waals surface area contributed by atoms with Crippen LogP contribution in [0.25, 0.3) is 0 Å².